The van der Waals surface area contributed by atoms with Crippen molar-refractivity contribution < 1.29 is 6.16 Å². The quantitative estimate of drug-likeness (QED) is 0.918. The molecule has 2 atom stereocenters. The van der Waals surface area contributed by atoms with Crippen molar-refractivity contribution in [3.05, 3.63) is 29.3 Å². The molecule has 122 valence electrons. The van der Waals surface area contributed by atoms with Gasteiger partial charge in [0.15, 0.2) is 0 Å². The second kappa shape index (κ2) is 6.21. The van der Waals surface area contributed by atoms with Gasteiger partial charge in [-0.05, 0) is 68.8 Å². The molecule has 3 aliphatic rings. The minimum absolute atomic E-state index is 0. The second-order valence-corrected chi connectivity index (χ2v) is 7.32. The molecular weight excluding hydrogens is 272 g/mol. The van der Waals surface area contributed by atoms with Gasteiger partial charge in [0.2, 0.25) is 0 Å². The van der Waals surface area contributed by atoms with Crippen LogP contribution in [-0.4, -0.2) is 44.3 Å². The lowest BCUT2D eigenvalue weighted by molar-refractivity contribution is 0.0853. The Balaban J connectivity index is 0.00000156. The van der Waals surface area contributed by atoms with Crippen LogP contribution in [0.1, 0.15) is 56.5 Å². The standard InChI is InChI=1S/C19H28N2O.H2/c1-21-8-2-3-17(21)11-16-13-20-19-5-4-15(12-18(16)19)14-6-9-22-10-7-14;/h4-5,12,14,16-17,20H,2-3,6-11,13H2,1H3;1H/t16?,17-;/m1./s1. The average Bonchev–Trinajstić information content (AvgIpc) is 3.15. The van der Waals surface area contributed by atoms with Gasteiger partial charge in [0, 0.05) is 38.8 Å². The van der Waals surface area contributed by atoms with Crippen LogP contribution in [0, 0.1) is 0 Å². The lowest BCUT2D eigenvalue weighted by Gasteiger charge is -2.25. The topological polar surface area (TPSA) is 24.5 Å². The van der Waals surface area contributed by atoms with Crippen LogP contribution in [0.4, 0.5) is 5.69 Å². The first-order valence-electron chi connectivity index (χ1n) is 8.97. The van der Waals surface area contributed by atoms with E-state index in [1.165, 1.54) is 49.9 Å². The molecule has 1 aromatic rings. The van der Waals surface area contributed by atoms with Gasteiger partial charge >= 0.3 is 0 Å². The molecule has 0 radical (unpaired) electrons. The van der Waals surface area contributed by atoms with Gasteiger partial charge in [-0.1, -0.05) is 12.1 Å². The maximum absolute atomic E-state index is 5.52. The van der Waals surface area contributed by atoms with E-state index in [-0.39, 0.29) is 1.43 Å². The highest BCUT2D eigenvalue weighted by atomic mass is 16.5. The van der Waals surface area contributed by atoms with Gasteiger partial charge in [0.25, 0.3) is 0 Å². The van der Waals surface area contributed by atoms with Gasteiger partial charge in [-0.15, -0.1) is 0 Å². The van der Waals surface area contributed by atoms with Gasteiger partial charge in [-0.2, -0.15) is 0 Å². The maximum atomic E-state index is 5.52. The summed E-state index contributed by atoms with van der Waals surface area (Å²) in [5.41, 5.74) is 4.49. The van der Waals surface area contributed by atoms with Gasteiger partial charge in [0.1, 0.15) is 0 Å². The lowest BCUT2D eigenvalue weighted by atomic mass is 9.87. The van der Waals surface area contributed by atoms with E-state index in [2.05, 4.69) is 35.5 Å². The number of ether oxygens (including phenoxy) is 1. The largest absolute Gasteiger partial charge is 0.384 e. The van der Waals surface area contributed by atoms with Crippen LogP contribution in [-0.2, 0) is 4.74 Å². The molecule has 0 bridgehead atoms. The number of hydrogen-bond donors (Lipinski definition) is 1. The van der Waals surface area contributed by atoms with Crippen molar-refractivity contribution in [1.29, 1.82) is 0 Å². The number of benzene rings is 1. The van der Waals surface area contributed by atoms with E-state index in [4.69, 9.17) is 4.74 Å². The van der Waals surface area contributed by atoms with E-state index in [9.17, 15) is 0 Å². The van der Waals surface area contributed by atoms with E-state index in [1.807, 2.05) is 0 Å². The number of fused-ring (bicyclic) bond motifs is 1. The predicted molar refractivity (Wildman–Crippen MR) is 92.8 cm³/mol. The molecule has 22 heavy (non-hydrogen) atoms. The minimum Gasteiger partial charge on any atom is -0.384 e. The zero-order valence-corrected chi connectivity index (χ0v) is 13.7. The first-order valence-corrected chi connectivity index (χ1v) is 8.97. The third kappa shape index (κ3) is 2.77. The zero-order chi connectivity index (χ0) is 14.9. The fraction of sp³-hybridized carbons (Fsp3) is 0.684. The Bertz CT molecular complexity index is 530. The number of anilines is 1. The SMILES string of the molecule is CN1CCC[C@@H]1CC1CNc2ccc(C3CCOCC3)cc21.[HH]. The van der Waals surface area contributed by atoms with Crippen molar-refractivity contribution in [2.75, 3.05) is 38.7 Å². The molecule has 0 spiro atoms. The van der Waals surface area contributed by atoms with Crippen LogP contribution in [0.3, 0.4) is 0 Å². The van der Waals surface area contributed by atoms with Crippen molar-refractivity contribution in [2.24, 2.45) is 0 Å². The van der Waals surface area contributed by atoms with Crippen LogP contribution in [0.25, 0.3) is 0 Å². The highest BCUT2D eigenvalue weighted by Crippen LogP contribution is 2.39. The summed E-state index contributed by atoms with van der Waals surface area (Å²) in [4.78, 5) is 2.56. The van der Waals surface area contributed by atoms with E-state index in [0.29, 0.717) is 11.8 Å². The first kappa shape index (κ1) is 14.5. The maximum Gasteiger partial charge on any atom is 0.0471 e. The Hall–Kier alpha value is -1.06. The molecule has 1 N–H and O–H groups in total. The van der Waals surface area contributed by atoms with Crippen LogP contribution in [0.15, 0.2) is 18.2 Å². The molecule has 3 aliphatic heterocycles. The summed E-state index contributed by atoms with van der Waals surface area (Å²) in [5, 5.41) is 3.63. The fourth-order valence-electron chi connectivity index (χ4n) is 4.52. The summed E-state index contributed by atoms with van der Waals surface area (Å²) in [6.07, 6.45) is 6.43. The van der Waals surface area contributed by atoms with E-state index in [0.717, 1.165) is 25.8 Å². The first-order chi connectivity index (χ1) is 10.8. The van der Waals surface area contributed by atoms with Crippen molar-refractivity contribution in [2.45, 2.75) is 50.0 Å². The number of nitrogens with zero attached hydrogens (tertiary/aromatic N) is 1. The molecule has 4 rings (SSSR count). The summed E-state index contributed by atoms with van der Waals surface area (Å²) >= 11 is 0. The normalized spacial score (nSPS) is 29.5. The van der Waals surface area contributed by atoms with Crippen molar-refractivity contribution in [3.63, 3.8) is 0 Å². The summed E-state index contributed by atoms with van der Waals surface area (Å²) < 4.78 is 5.52. The number of likely N-dealkylation sites (tertiary alicyclic amines) is 1. The molecule has 0 aromatic heterocycles. The van der Waals surface area contributed by atoms with Crippen LogP contribution in [0.5, 0.6) is 0 Å². The van der Waals surface area contributed by atoms with Crippen molar-refractivity contribution in [1.82, 2.24) is 4.90 Å². The third-order valence-corrected chi connectivity index (χ3v) is 5.98. The van der Waals surface area contributed by atoms with E-state index >= 15 is 0 Å². The molecule has 2 fully saturated rings. The lowest BCUT2D eigenvalue weighted by Crippen LogP contribution is -2.27. The summed E-state index contributed by atoms with van der Waals surface area (Å²) in [6, 6.07) is 7.94. The Morgan fingerprint density at radius 3 is 2.91 bits per heavy atom. The van der Waals surface area contributed by atoms with Crippen LogP contribution >= 0.6 is 0 Å². The molecule has 1 unspecified atom stereocenters. The van der Waals surface area contributed by atoms with Crippen molar-refractivity contribution >= 4 is 5.69 Å². The highest BCUT2D eigenvalue weighted by molar-refractivity contribution is 5.59. The number of nitrogens with one attached hydrogen (secondary N) is 1. The van der Waals surface area contributed by atoms with Gasteiger partial charge in [0.05, 0.1) is 0 Å². The minimum atomic E-state index is 0. The van der Waals surface area contributed by atoms with Crippen LogP contribution < -0.4 is 5.32 Å². The molecule has 0 aliphatic carbocycles. The Morgan fingerprint density at radius 2 is 2.14 bits per heavy atom. The monoisotopic (exact) mass is 302 g/mol. The fourth-order valence-corrected chi connectivity index (χ4v) is 4.52. The Labute approximate surface area is 135 Å². The Kier molecular flexibility index (Phi) is 4.10. The molecule has 0 amide bonds. The zero-order valence-electron chi connectivity index (χ0n) is 13.7. The molecule has 1 aromatic carbocycles. The molecule has 0 saturated carbocycles. The molecule has 3 nitrogen and oxygen atoms in total. The molecule has 3 heteroatoms. The summed E-state index contributed by atoms with van der Waals surface area (Å²) in [6.45, 7) is 4.25. The van der Waals surface area contributed by atoms with Crippen LogP contribution in [0.2, 0.25) is 0 Å². The summed E-state index contributed by atoms with van der Waals surface area (Å²) in [7, 11) is 2.29. The van der Waals surface area contributed by atoms with E-state index in [1.54, 1.807) is 5.56 Å². The molecular formula is C19H30N2O. The van der Waals surface area contributed by atoms with Crippen molar-refractivity contribution in [3.8, 4) is 0 Å². The number of rotatable bonds is 3. The van der Waals surface area contributed by atoms with Gasteiger partial charge in [-0.3, -0.25) is 0 Å². The molecule has 2 saturated heterocycles. The second-order valence-electron chi connectivity index (χ2n) is 7.32. The summed E-state index contributed by atoms with van der Waals surface area (Å²) in [5.74, 6) is 1.40. The molecule has 3 heterocycles. The average molecular weight is 302 g/mol. The predicted octanol–water partition coefficient (Wildman–Crippen LogP) is 3.82. The van der Waals surface area contributed by atoms with Gasteiger partial charge in [-0.25, -0.2) is 0 Å². The van der Waals surface area contributed by atoms with Gasteiger partial charge < -0.3 is 15.0 Å². The highest BCUT2D eigenvalue weighted by Gasteiger charge is 2.30. The Morgan fingerprint density at radius 1 is 1.27 bits per heavy atom. The number of hydrogen-bond acceptors (Lipinski definition) is 3. The third-order valence-electron chi connectivity index (χ3n) is 5.98. The smallest absolute Gasteiger partial charge is 0.0471 e. The van der Waals surface area contributed by atoms with E-state index < -0.39 is 0 Å².